The van der Waals surface area contributed by atoms with Crippen LogP contribution in [0.1, 0.15) is 24.4 Å². The minimum absolute atomic E-state index is 0.0685. The Morgan fingerprint density at radius 1 is 1.10 bits per heavy atom. The summed E-state index contributed by atoms with van der Waals surface area (Å²) in [4.78, 5) is 27.5. The van der Waals surface area contributed by atoms with Crippen LogP contribution in [0.5, 0.6) is 0 Å². The van der Waals surface area contributed by atoms with Crippen LogP contribution in [-0.2, 0) is 17.9 Å². The fourth-order valence-electron chi connectivity index (χ4n) is 4.04. The van der Waals surface area contributed by atoms with Gasteiger partial charge < -0.3 is 14.7 Å². The third-order valence-electron chi connectivity index (χ3n) is 5.63. The van der Waals surface area contributed by atoms with Crippen LogP contribution in [0.4, 0.5) is 0 Å². The fraction of sp³-hybridized carbons (Fsp3) is 0.318. The van der Waals surface area contributed by atoms with Crippen molar-refractivity contribution >= 4 is 22.6 Å². The molecule has 1 fully saturated rings. The molecule has 1 aromatic carbocycles. The lowest BCUT2D eigenvalue weighted by molar-refractivity contribution is -0.126. The Hall–Kier alpha value is -3.19. The molecule has 0 atom stereocenters. The number of imidazole rings is 2. The number of para-hydroxylation sites is 2. The second-order valence-corrected chi connectivity index (χ2v) is 7.67. The van der Waals surface area contributed by atoms with E-state index in [0.29, 0.717) is 6.54 Å². The van der Waals surface area contributed by atoms with Gasteiger partial charge in [-0.05, 0) is 50.2 Å². The molecule has 0 saturated carbocycles. The highest BCUT2D eigenvalue weighted by atomic mass is 16.1. The van der Waals surface area contributed by atoms with Gasteiger partial charge in [-0.3, -0.25) is 9.69 Å². The van der Waals surface area contributed by atoms with E-state index >= 15 is 0 Å². The summed E-state index contributed by atoms with van der Waals surface area (Å²) in [6.07, 6.45) is 5.67. The first-order valence-corrected chi connectivity index (χ1v) is 10.1. The smallest absolute Gasteiger partial charge is 0.223 e. The van der Waals surface area contributed by atoms with Crippen LogP contribution in [0, 0.1) is 5.92 Å². The summed E-state index contributed by atoms with van der Waals surface area (Å²) in [6, 6.07) is 14.0. The number of nitrogens with one attached hydrogen (secondary N) is 2. The molecule has 0 aliphatic carbocycles. The maximum Gasteiger partial charge on any atom is 0.223 e. The number of H-pyrrole nitrogens is 1. The number of carbonyl (C=O) groups is 1. The van der Waals surface area contributed by atoms with E-state index in [2.05, 4.69) is 25.2 Å². The number of carbonyl (C=O) groups excluding carboxylic acids is 1. The normalized spacial score (nSPS) is 15.9. The molecule has 0 unspecified atom stereocenters. The first-order chi connectivity index (χ1) is 14.2. The predicted molar refractivity (Wildman–Crippen MR) is 111 cm³/mol. The second kappa shape index (κ2) is 7.67. The van der Waals surface area contributed by atoms with E-state index in [9.17, 15) is 4.79 Å². The number of pyridine rings is 1. The summed E-state index contributed by atoms with van der Waals surface area (Å²) in [5, 5.41) is 3.06. The Morgan fingerprint density at radius 3 is 2.76 bits per heavy atom. The molecule has 4 heterocycles. The van der Waals surface area contributed by atoms with Crippen molar-refractivity contribution in [3.8, 4) is 0 Å². The van der Waals surface area contributed by atoms with E-state index in [4.69, 9.17) is 0 Å². The Labute approximate surface area is 168 Å². The van der Waals surface area contributed by atoms with Gasteiger partial charge in [0.05, 0.1) is 29.8 Å². The summed E-state index contributed by atoms with van der Waals surface area (Å²) < 4.78 is 1.97. The summed E-state index contributed by atoms with van der Waals surface area (Å²) in [5.41, 5.74) is 3.86. The van der Waals surface area contributed by atoms with E-state index in [-0.39, 0.29) is 11.8 Å². The van der Waals surface area contributed by atoms with E-state index < -0.39 is 0 Å². The minimum atomic E-state index is 0.0685. The third-order valence-corrected chi connectivity index (χ3v) is 5.63. The van der Waals surface area contributed by atoms with Crippen molar-refractivity contribution < 1.29 is 4.79 Å². The SMILES string of the molecule is O=C(NCc1cn2ccccc2n1)C1CCN(Cc2nc3ccccc3[nH]2)CC1. The maximum absolute atomic E-state index is 12.6. The minimum Gasteiger partial charge on any atom is -0.350 e. The number of amides is 1. The molecule has 0 bridgehead atoms. The molecule has 7 heteroatoms. The van der Waals surface area contributed by atoms with Crippen LogP contribution < -0.4 is 5.32 Å². The van der Waals surface area contributed by atoms with E-state index in [1.807, 2.05) is 59.3 Å². The highest BCUT2D eigenvalue weighted by Gasteiger charge is 2.25. The lowest BCUT2D eigenvalue weighted by atomic mass is 9.96. The van der Waals surface area contributed by atoms with Crippen molar-refractivity contribution in [2.24, 2.45) is 5.92 Å². The number of aromatic nitrogens is 4. The molecule has 5 rings (SSSR count). The first-order valence-electron chi connectivity index (χ1n) is 10.1. The Morgan fingerprint density at radius 2 is 1.93 bits per heavy atom. The topological polar surface area (TPSA) is 78.3 Å². The molecule has 7 nitrogen and oxygen atoms in total. The van der Waals surface area contributed by atoms with Crippen molar-refractivity contribution in [1.82, 2.24) is 29.6 Å². The Balaban J connectivity index is 1.12. The average Bonchev–Trinajstić information content (AvgIpc) is 3.35. The first kappa shape index (κ1) is 17.9. The molecule has 2 N–H and O–H groups in total. The summed E-state index contributed by atoms with van der Waals surface area (Å²) in [7, 11) is 0. The van der Waals surface area contributed by atoms with Gasteiger partial charge in [0, 0.05) is 18.3 Å². The number of hydrogen-bond acceptors (Lipinski definition) is 4. The second-order valence-electron chi connectivity index (χ2n) is 7.67. The summed E-state index contributed by atoms with van der Waals surface area (Å²) in [6.45, 7) is 3.08. The number of piperidine rings is 1. The lowest BCUT2D eigenvalue weighted by Gasteiger charge is -2.30. The summed E-state index contributed by atoms with van der Waals surface area (Å²) >= 11 is 0. The highest BCUT2D eigenvalue weighted by Crippen LogP contribution is 2.20. The molecule has 4 aromatic rings. The molecule has 1 aliphatic rings. The van der Waals surface area contributed by atoms with Crippen molar-refractivity contribution in [2.75, 3.05) is 13.1 Å². The van der Waals surface area contributed by atoms with Gasteiger partial charge in [0.25, 0.3) is 0 Å². The van der Waals surface area contributed by atoms with E-state index in [1.54, 1.807) is 0 Å². The number of rotatable bonds is 5. The van der Waals surface area contributed by atoms with Crippen LogP contribution >= 0.6 is 0 Å². The molecule has 1 saturated heterocycles. The zero-order valence-electron chi connectivity index (χ0n) is 16.2. The quantitative estimate of drug-likeness (QED) is 0.551. The molecule has 29 heavy (non-hydrogen) atoms. The van der Waals surface area contributed by atoms with Crippen molar-refractivity contribution in [1.29, 1.82) is 0 Å². The molecular formula is C22H24N6O. The molecule has 1 aliphatic heterocycles. The van der Waals surface area contributed by atoms with Gasteiger partial charge in [-0.15, -0.1) is 0 Å². The van der Waals surface area contributed by atoms with Crippen LogP contribution in [-0.4, -0.2) is 43.2 Å². The van der Waals surface area contributed by atoms with Gasteiger partial charge in [0.1, 0.15) is 11.5 Å². The number of hydrogen-bond donors (Lipinski definition) is 2. The Kier molecular flexibility index (Phi) is 4.73. The lowest BCUT2D eigenvalue weighted by Crippen LogP contribution is -2.40. The van der Waals surface area contributed by atoms with Gasteiger partial charge in [-0.2, -0.15) is 0 Å². The average molecular weight is 388 g/mol. The maximum atomic E-state index is 12.6. The largest absolute Gasteiger partial charge is 0.350 e. The number of fused-ring (bicyclic) bond motifs is 2. The van der Waals surface area contributed by atoms with Gasteiger partial charge in [0.15, 0.2) is 0 Å². The van der Waals surface area contributed by atoms with Crippen molar-refractivity contribution in [3.63, 3.8) is 0 Å². The standard InChI is InChI=1S/C22H24N6O/c29-22(23-13-17-14-28-10-4-3-7-21(28)24-17)16-8-11-27(12-9-16)15-20-25-18-5-1-2-6-19(18)26-20/h1-7,10,14,16H,8-9,11-13,15H2,(H,23,29)(H,25,26). The van der Waals surface area contributed by atoms with E-state index in [1.165, 1.54) is 0 Å². The third kappa shape index (κ3) is 3.86. The number of nitrogens with zero attached hydrogens (tertiary/aromatic N) is 4. The summed E-state index contributed by atoms with van der Waals surface area (Å²) in [5.74, 6) is 1.19. The van der Waals surface area contributed by atoms with E-state index in [0.717, 1.165) is 60.7 Å². The van der Waals surface area contributed by atoms with Gasteiger partial charge in [-0.1, -0.05) is 18.2 Å². The van der Waals surface area contributed by atoms with Gasteiger partial charge in [-0.25, -0.2) is 9.97 Å². The zero-order chi connectivity index (χ0) is 19.6. The molecule has 0 spiro atoms. The van der Waals surface area contributed by atoms with Crippen LogP contribution in [0.25, 0.3) is 16.7 Å². The molecular weight excluding hydrogens is 364 g/mol. The van der Waals surface area contributed by atoms with Crippen LogP contribution in [0.15, 0.2) is 54.9 Å². The van der Waals surface area contributed by atoms with Crippen LogP contribution in [0.3, 0.4) is 0 Å². The molecule has 148 valence electrons. The van der Waals surface area contributed by atoms with Crippen LogP contribution in [0.2, 0.25) is 0 Å². The monoisotopic (exact) mass is 388 g/mol. The number of aromatic amines is 1. The zero-order valence-corrected chi connectivity index (χ0v) is 16.2. The molecule has 1 amide bonds. The van der Waals surface area contributed by atoms with Crippen molar-refractivity contribution in [2.45, 2.75) is 25.9 Å². The van der Waals surface area contributed by atoms with Crippen molar-refractivity contribution in [3.05, 3.63) is 66.4 Å². The van der Waals surface area contributed by atoms with Gasteiger partial charge >= 0.3 is 0 Å². The number of benzene rings is 1. The molecule has 3 aromatic heterocycles. The Bertz CT molecular complexity index is 1070. The fourth-order valence-corrected chi connectivity index (χ4v) is 4.04. The molecule has 0 radical (unpaired) electrons. The predicted octanol–water partition coefficient (Wildman–Crippen LogP) is 2.74. The highest BCUT2D eigenvalue weighted by molar-refractivity contribution is 5.78. The van der Waals surface area contributed by atoms with Gasteiger partial charge in [0.2, 0.25) is 5.91 Å². The number of likely N-dealkylation sites (tertiary alicyclic amines) is 1.